The van der Waals surface area contributed by atoms with E-state index in [-0.39, 0.29) is 0 Å². The van der Waals surface area contributed by atoms with E-state index in [0.717, 1.165) is 11.8 Å². The molecular weight excluding hydrogens is 202 g/mol. The molecule has 1 N–H and O–H groups in total. The van der Waals surface area contributed by atoms with Gasteiger partial charge in [-0.1, -0.05) is 19.3 Å². The van der Waals surface area contributed by atoms with Crippen molar-refractivity contribution >= 4 is 11.3 Å². The summed E-state index contributed by atoms with van der Waals surface area (Å²) in [5.74, 6) is 1.67. The fraction of sp³-hybridized carbons (Fsp3) is 0.692. The molecule has 1 aliphatic rings. The second-order valence-corrected chi connectivity index (χ2v) is 5.40. The van der Waals surface area contributed by atoms with Crippen molar-refractivity contribution in [3.63, 3.8) is 0 Å². The molecule has 1 nitrogen and oxygen atoms in total. The molecule has 2 rings (SSSR count). The molecule has 1 fully saturated rings. The highest BCUT2D eigenvalue weighted by molar-refractivity contribution is 7.07. The zero-order valence-corrected chi connectivity index (χ0v) is 10.4. The molecule has 2 heteroatoms. The van der Waals surface area contributed by atoms with Gasteiger partial charge < -0.3 is 5.32 Å². The normalized spacial score (nSPS) is 27.5. The summed E-state index contributed by atoms with van der Waals surface area (Å²) in [6.07, 6.45) is 7.07. The first-order valence-corrected chi connectivity index (χ1v) is 7.03. The van der Waals surface area contributed by atoms with Crippen molar-refractivity contribution < 1.29 is 0 Å². The maximum absolute atomic E-state index is 3.36. The molecule has 1 aromatic heterocycles. The van der Waals surface area contributed by atoms with Gasteiger partial charge in [0.05, 0.1) is 0 Å². The van der Waals surface area contributed by atoms with Gasteiger partial charge >= 0.3 is 0 Å². The standard InChI is InChI=1S/C13H21NS/c1-14-9-11-5-3-2-4-6-13(11)12-7-8-15-10-12/h7-8,10-11,13-14H,2-6,9H2,1H3. The third-order valence-electron chi connectivity index (χ3n) is 3.60. The molecular formula is C13H21NS. The van der Waals surface area contributed by atoms with Crippen molar-refractivity contribution in [2.45, 2.75) is 38.0 Å². The molecule has 2 atom stereocenters. The summed E-state index contributed by atoms with van der Waals surface area (Å²) < 4.78 is 0. The summed E-state index contributed by atoms with van der Waals surface area (Å²) in [6, 6.07) is 2.32. The first kappa shape index (κ1) is 11.2. The Kier molecular flexibility index (Phi) is 4.21. The second kappa shape index (κ2) is 5.66. The van der Waals surface area contributed by atoms with Gasteiger partial charge in [-0.3, -0.25) is 0 Å². The lowest BCUT2D eigenvalue weighted by Crippen LogP contribution is -2.23. The smallest absolute Gasteiger partial charge is 0.00177 e. The van der Waals surface area contributed by atoms with E-state index in [4.69, 9.17) is 0 Å². The molecule has 0 saturated heterocycles. The van der Waals surface area contributed by atoms with E-state index in [9.17, 15) is 0 Å². The minimum Gasteiger partial charge on any atom is -0.319 e. The summed E-state index contributed by atoms with van der Waals surface area (Å²) in [5.41, 5.74) is 1.59. The molecule has 15 heavy (non-hydrogen) atoms. The number of hydrogen-bond acceptors (Lipinski definition) is 2. The first-order valence-electron chi connectivity index (χ1n) is 6.08. The van der Waals surface area contributed by atoms with Gasteiger partial charge in [-0.2, -0.15) is 11.3 Å². The Bertz CT molecular complexity index is 268. The van der Waals surface area contributed by atoms with E-state index in [2.05, 4.69) is 29.2 Å². The molecule has 0 radical (unpaired) electrons. The topological polar surface area (TPSA) is 12.0 Å². The quantitative estimate of drug-likeness (QED) is 0.772. The van der Waals surface area contributed by atoms with Gasteiger partial charge in [0.2, 0.25) is 0 Å². The average molecular weight is 223 g/mol. The average Bonchev–Trinajstić information content (AvgIpc) is 2.67. The SMILES string of the molecule is CNCC1CCCCCC1c1ccsc1. The van der Waals surface area contributed by atoms with Crippen molar-refractivity contribution in [3.8, 4) is 0 Å². The van der Waals surface area contributed by atoms with E-state index < -0.39 is 0 Å². The number of thiophene rings is 1. The van der Waals surface area contributed by atoms with E-state index in [1.54, 1.807) is 5.56 Å². The predicted octanol–water partition coefficient (Wildman–Crippen LogP) is 3.63. The molecule has 1 heterocycles. The van der Waals surface area contributed by atoms with Crippen LogP contribution >= 0.6 is 11.3 Å². The highest BCUT2D eigenvalue weighted by atomic mass is 32.1. The molecule has 1 saturated carbocycles. The van der Waals surface area contributed by atoms with Gasteiger partial charge in [0.1, 0.15) is 0 Å². The number of rotatable bonds is 3. The minimum absolute atomic E-state index is 0.811. The lowest BCUT2D eigenvalue weighted by molar-refractivity contribution is 0.387. The van der Waals surface area contributed by atoms with Crippen LogP contribution in [0.2, 0.25) is 0 Å². The fourth-order valence-corrected chi connectivity index (χ4v) is 3.54. The molecule has 0 bridgehead atoms. The van der Waals surface area contributed by atoms with Crippen LogP contribution < -0.4 is 5.32 Å². The molecule has 1 aliphatic carbocycles. The maximum Gasteiger partial charge on any atom is -0.00177 e. The fourth-order valence-electron chi connectivity index (χ4n) is 2.82. The molecule has 2 unspecified atom stereocenters. The largest absolute Gasteiger partial charge is 0.319 e. The Balaban J connectivity index is 2.09. The van der Waals surface area contributed by atoms with Crippen LogP contribution in [0.25, 0.3) is 0 Å². The van der Waals surface area contributed by atoms with E-state index >= 15 is 0 Å². The van der Waals surface area contributed by atoms with Crippen LogP contribution in [0.1, 0.15) is 43.6 Å². The number of nitrogens with one attached hydrogen (secondary N) is 1. The van der Waals surface area contributed by atoms with Crippen LogP contribution in [0.3, 0.4) is 0 Å². The Morgan fingerprint density at radius 1 is 1.33 bits per heavy atom. The summed E-state index contributed by atoms with van der Waals surface area (Å²) in [6.45, 7) is 1.18. The summed E-state index contributed by atoms with van der Waals surface area (Å²) in [5, 5.41) is 7.93. The lowest BCUT2D eigenvalue weighted by Gasteiger charge is -2.24. The monoisotopic (exact) mass is 223 g/mol. The molecule has 0 amide bonds. The summed E-state index contributed by atoms with van der Waals surface area (Å²) in [7, 11) is 2.08. The zero-order valence-electron chi connectivity index (χ0n) is 9.54. The van der Waals surface area contributed by atoms with E-state index in [1.807, 2.05) is 11.3 Å². The highest BCUT2D eigenvalue weighted by Crippen LogP contribution is 2.36. The van der Waals surface area contributed by atoms with Gasteiger partial charge in [-0.25, -0.2) is 0 Å². The third kappa shape index (κ3) is 2.82. The van der Waals surface area contributed by atoms with Crippen LogP contribution in [-0.4, -0.2) is 13.6 Å². The van der Waals surface area contributed by atoms with Gasteiger partial charge in [-0.15, -0.1) is 0 Å². The van der Waals surface area contributed by atoms with Gasteiger partial charge in [0.25, 0.3) is 0 Å². The predicted molar refractivity (Wildman–Crippen MR) is 67.6 cm³/mol. The van der Waals surface area contributed by atoms with Crippen LogP contribution in [0.4, 0.5) is 0 Å². The summed E-state index contributed by atoms with van der Waals surface area (Å²) in [4.78, 5) is 0. The van der Waals surface area contributed by atoms with Gasteiger partial charge in [0, 0.05) is 0 Å². The van der Waals surface area contributed by atoms with Gasteiger partial charge in [0.15, 0.2) is 0 Å². The van der Waals surface area contributed by atoms with Crippen molar-refractivity contribution in [1.29, 1.82) is 0 Å². The van der Waals surface area contributed by atoms with Crippen molar-refractivity contribution in [1.82, 2.24) is 5.32 Å². The Morgan fingerprint density at radius 3 is 2.93 bits per heavy atom. The Morgan fingerprint density at radius 2 is 2.20 bits per heavy atom. The third-order valence-corrected chi connectivity index (χ3v) is 4.30. The van der Waals surface area contributed by atoms with Crippen molar-refractivity contribution in [3.05, 3.63) is 22.4 Å². The molecule has 0 aromatic carbocycles. The Labute approximate surface area is 96.9 Å². The zero-order chi connectivity index (χ0) is 10.5. The highest BCUT2D eigenvalue weighted by Gasteiger charge is 2.24. The summed E-state index contributed by atoms with van der Waals surface area (Å²) >= 11 is 1.84. The van der Waals surface area contributed by atoms with E-state index in [0.29, 0.717) is 0 Å². The molecule has 0 spiro atoms. The lowest BCUT2D eigenvalue weighted by atomic mass is 9.84. The number of hydrogen-bond donors (Lipinski definition) is 1. The van der Waals surface area contributed by atoms with Crippen LogP contribution in [0, 0.1) is 5.92 Å². The van der Waals surface area contributed by atoms with Crippen molar-refractivity contribution in [2.75, 3.05) is 13.6 Å². The van der Waals surface area contributed by atoms with Crippen LogP contribution in [-0.2, 0) is 0 Å². The van der Waals surface area contributed by atoms with Crippen molar-refractivity contribution in [2.24, 2.45) is 5.92 Å². The minimum atomic E-state index is 0.811. The first-order chi connectivity index (χ1) is 7.42. The van der Waals surface area contributed by atoms with E-state index in [1.165, 1.54) is 38.6 Å². The Hall–Kier alpha value is -0.340. The van der Waals surface area contributed by atoms with Crippen LogP contribution in [0.5, 0.6) is 0 Å². The second-order valence-electron chi connectivity index (χ2n) is 4.62. The molecule has 84 valence electrons. The molecule has 1 aromatic rings. The molecule has 0 aliphatic heterocycles. The van der Waals surface area contributed by atoms with Crippen LogP contribution in [0.15, 0.2) is 16.8 Å². The van der Waals surface area contributed by atoms with Gasteiger partial charge in [-0.05, 0) is 60.7 Å². The maximum atomic E-state index is 3.36.